The predicted molar refractivity (Wildman–Crippen MR) is 137 cm³/mol. The Kier molecular flexibility index (Phi) is 5.74. The molecule has 0 bridgehead atoms. The van der Waals surface area contributed by atoms with Crippen LogP contribution in [0.25, 0.3) is 16.7 Å². The Balaban J connectivity index is 1.34. The summed E-state index contributed by atoms with van der Waals surface area (Å²) >= 11 is 0. The average Bonchev–Trinajstić information content (AvgIpc) is 3.64. The number of aryl methyl sites for hydroxylation is 1. The summed E-state index contributed by atoms with van der Waals surface area (Å²) in [5, 5.41) is 0. The molecular formula is C24H26N6O6S2. The van der Waals surface area contributed by atoms with Gasteiger partial charge in [-0.15, -0.1) is 0 Å². The zero-order valence-corrected chi connectivity index (χ0v) is 22.3. The molecule has 1 saturated carbocycles. The van der Waals surface area contributed by atoms with Crippen molar-refractivity contribution >= 4 is 43.0 Å². The maximum absolute atomic E-state index is 13.4. The second-order valence-corrected chi connectivity index (χ2v) is 13.3. The lowest BCUT2D eigenvalue weighted by Crippen LogP contribution is -2.45. The Hall–Kier alpha value is -3.49. The van der Waals surface area contributed by atoms with Gasteiger partial charge in [0.2, 0.25) is 0 Å². The Morgan fingerprint density at radius 1 is 1.03 bits per heavy atom. The Morgan fingerprint density at radius 2 is 1.76 bits per heavy atom. The van der Waals surface area contributed by atoms with Gasteiger partial charge in [-0.3, -0.25) is 4.40 Å². The number of carbonyl (C=O) groups excluding carboxylic acids is 1. The fourth-order valence-electron chi connectivity index (χ4n) is 5.41. The highest BCUT2D eigenvalue weighted by molar-refractivity contribution is 7.90. The molecule has 3 aromatic heterocycles. The van der Waals surface area contributed by atoms with E-state index < -0.39 is 32.4 Å². The van der Waals surface area contributed by atoms with Crippen LogP contribution >= 0.6 is 0 Å². The van der Waals surface area contributed by atoms with Crippen molar-refractivity contribution in [3.8, 4) is 0 Å². The van der Waals surface area contributed by atoms with Crippen LogP contribution in [0.4, 0.5) is 4.79 Å². The number of hydrogen-bond acceptors (Lipinski definition) is 8. The molecule has 6 rings (SSSR count). The third-order valence-corrected chi connectivity index (χ3v) is 10.5. The molecular weight excluding hydrogens is 532 g/mol. The number of amides is 1. The van der Waals surface area contributed by atoms with Crippen molar-refractivity contribution in [2.45, 2.75) is 43.5 Å². The summed E-state index contributed by atoms with van der Waals surface area (Å²) in [6, 6.07) is 7.94. The summed E-state index contributed by atoms with van der Waals surface area (Å²) in [6.07, 6.45) is 4.89. The zero-order chi connectivity index (χ0) is 26.8. The second-order valence-electron chi connectivity index (χ2n) is 9.83. The quantitative estimate of drug-likeness (QED) is 0.380. The van der Waals surface area contributed by atoms with E-state index in [1.165, 1.54) is 10.2 Å². The van der Waals surface area contributed by atoms with Crippen molar-refractivity contribution in [1.82, 2.24) is 27.4 Å². The molecule has 1 N–H and O–H groups in total. The number of aromatic nitrogens is 4. The third kappa shape index (κ3) is 3.94. The molecule has 1 aromatic carbocycles. The van der Waals surface area contributed by atoms with Crippen molar-refractivity contribution in [2.24, 2.45) is 5.92 Å². The Bertz CT molecular complexity index is 1780. The van der Waals surface area contributed by atoms with Crippen molar-refractivity contribution in [3.63, 3.8) is 0 Å². The summed E-state index contributed by atoms with van der Waals surface area (Å²) in [7, 11) is -7.90. The number of cyclic esters (lactones) is 1. The first-order valence-electron chi connectivity index (χ1n) is 12.2. The maximum atomic E-state index is 13.4. The van der Waals surface area contributed by atoms with E-state index in [-0.39, 0.29) is 35.5 Å². The average molecular weight is 559 g/mol. The van der Waals surface area contributed by atoms with Crippen molar-refractivity contribution in [1.29, 1.82) is 0 Å². The molecule has 2 aliphatic rings. The van der Waals surface area contributed by atoms with Gasteiger partial charge in [-0.25, -0.2) is 27.2 Å². The van der Waals surface area contributed by atoms with Crippen LogP contribution in [0.2, 0.25) is 0 Å². The van der Waals surface area contributed by atoms with Gasteiger partial charge in [0.25, 0.3) is 10.0 Å². The van der Waals surface area contributed by atoms with Crippen LogP contribution in [0.3, 0.4) is 0 Å². The lowest BCUT2D eigenvalue weighted by atomic mass is 9.97. The molecule has 1 aliphatic heterocycles. The fraction of sp³-hybridized carbons (Fsp3) is 0.375. The summed E-state index contributed by atoms with van der Waals surface area (Å²) in [6.45, 7) is 3.93. The van der Waals surface area contributed by atoms with E-state index in [1.54, 1.807) is 42.7 Å². The van der Waals surface area contributed by atoms with Gasteiger partial charge in [-0.2, -0.15) is 17.4 Å². The van der Waals surface area contributed by atoms with Gasteiger partial charge < -0.3 is 4.74 Å². The monoisotopic (exact) mass is 558 g/mol. The summed E-state index contributed by atoms with van der Waals surface area (Å²) < 4.78 is 63.5. The molecule has 3 atom stereocenters. The first-order chi connectivity index (χ1) is 18.1. The van der Waals surface area contributed by atoms with E-state index in [1.807, 2.05) is 18.2 Å². The van der Waals surface area contributed by atoms with E-state index >= 15 is 0 Å². The van der Waals surface area contributed by atoms with E-state index in [0.29, 0.717) is 34.0 Å². The van der Waals surface area contributed by atoms with Gasteiger partial charge in [0.15, 0.2) is 5.65 Å². The van der Waals surface area contributed by atoms with Crippen LogP contribution in [0, 0.1) is 12.8 Å². The molecule has 2 fully saturated rings. The van der Waals surface area contributed by atoms with Gasteiger partial charge >= 0.3 is 16.3 Å². The summed E-state index contributed by atoms with van der Waals surface area (Å²) in [5.41, 5.74) is 2.51. The van der Waals surface area contributed by atoms with Gasteiger partial charge in [0.05, 0.1) is 34.9 Å². The summed E-state index contributed by atoms with van der Waals surface area (Å²) in [5.74, 6) is 0.659. The second kappa shape index (κ2) is 8.78. The number of nitrogens with one attached hydrogen (secondary N) is 1. The zero-order valence-electron chi connectivity index (χ0n) is 20.7. The topological polar surface area (TPSA) is 145 Å². The molecule has 1 saturated heterocycles. The molecule has 4 heterocycles. The minimum Gasteiger partial charge on any atom is -0.447 e. The highest BCUT2D eigenvalue weighted by Crippen LogP contribution is 2.40. The predicted octanol–water partition coefficient (Wildman–Crippen LogP) is 2.40. The van der Waals surface area contributed by atoms with Crippen LogP contribution < -0.4 is 4.72 Å². The minimum absolute atomic E-state index is 0.0156. The fourth-order valence-corrected chi connectivity index (χ4v) is 8.01. The molecule has 4 aromatic rings. The van der Waals surface area contributed by atoms with Crippen LogP contribution in [-0.4, -0.2) is 64.8 Å². The lowest BCUT2D eigenvalue weighted by molar-refractivity contribution is 0.169. The van der Waals surface area contributed by atoms with Crippen molar-refractivity contribution in [2.75, 3.05) is 13.2 Å². The number of nitrogens with zero attached hydrogens (tertiary/aromatic N) is 5. The normalized spacial score (nSPS) is 22.5. The first-order valence-corrected chi connectivity index (χ1v) is 15.1. The maximum Gasteiger partial charge on any atom is 0.424 e. The third-order valence-electron chi connectivity index (χ3n) is 7.30. The number of benzene rings is 1. The molecule has 1 aliphatic carbocycles. The number of hydrogen-bond donors (Lipinski definition) is 1. The van der Waals surface area contributed by atoms with E-state index in [0.717, 1.165) is 5.56 Å². The molecule has 0 radical (unpaired) electrons. The Morgan fingerprint density at radius 3 is 2.47 bits per heavy atom. The smallest absolute Gasteiger partial charge is 0.424 e. The standard InChI is InChI=1S/C24H26N6O6S2/c1-15-3-5-19(6-4-15)37(32,33)28-8-7-21-23(28)26-14-18-13-25-22(30(18)21)20-12-17(11-16(20)2)27-38(34,35)29-9-10-36-24(29)31/h3-8,13-14,16-17,20,27H,9-12H2,1-2H3/t16-,17+,20+/m1/s1. The number of fused-ring (bicyclic) bond motifs is 3. The number of carbonyl (C=O) groups is 1. The van der Waals surface area contributed by atoms with E-state index in [4.69, 9.17) is 4.74 Å². The lowest BCUT2D eigenvalue weighted by Gasteiger charge is -2.18. The minimum atomic E-state index is -4.03. The van der Waals surface area contributed by atoms with E-state index in [2.05, 4.69) is 14.7 Å². The number of rotatable bonds is 6. The van der Waals surface area contributed by atoms with Crippen molar-refractivity contribution < 1.29 is 26.4 Å². The van der Waals surface area contributed by atoms with Crippen molar-refractivity contribution in [3.05, 3.63) is 60.3 Å². The van der Waals surface area contributed by atoms with Crippen LogP contribution in [0.1, 0.15) is 37.1 Å². The van der Waals surface area contributed by atoms with Crippen LogP contribution in [0.5, 0.6) is 0 Å². The number of ether oxygens (including phenoxy) is 1. The first kappa shape index (κ1) is 24.8. The molecule has 200 valence electrons. The van der Waals surface area contributed by atoms with Gasteiger partial charge in [0.1, 0.15) is 12.4 Å². The van der Waals surface area contributed by atoms with Gasteiger partial charge in [-0.05, 0) is 43.9 Å². The summed E-state index contributed by atoms with van der Waals surface area (Å²) in [4.78, 5) is 21.0. The van der Waals surface area contributed by atoms with Crippen LogP contribution in [0.15, 0.2) is 53.8 Å². The van der Waals surface area contributed by atoms with E-state index in [9.17, 15) is 21.6 Å². The molecule has 38 heavy (non-hydrogen) atoms. The number of imidazole rings is 1. The molecule has 0 unspecified atom stereocenters. The molecule has 12 nitrogen and oxygen atoms in total. The Labute approximate surface area is 219 Å². The van der Waals surface area contributed by atoms with Gasteiger partial charge in [-0.1, -0.05) is 24.6 Å². The molecule has 14 heteroatoms. The molecule has 0 spiro atoms. The molecule has 1 amide bonds. The van der Waals surface area contributed by atoms with Gasteiger partial charge in [0, 0.05) is 18.2 Å². The highest BCUT2D eigenvalue weighted by atomic mass is 32.2. The SMILES string of the molecule is Cc1ccc(S(=O)(=O)n2ccc3c2ncc2cnc([C@H]4C[C@@H](NS(=O)(=O)N5CCOC5=O)C[C@H]4C)n23)cc1. The van der Waals surface area contributed by atoms with Crippen LogP contribution in [-0.2, 0) is 25.0 Å². The highest BCUT2D eigenvalue weighted by Gasteiger charge is 2.40. The largest absolute Gasteiger partial charge is 0.447 e.